The molecule has 0 bridgehead atoms. The minimum atomic E-state index is -0.442. The molecule has 1 unspecified atom stereocenters. The highest BCUT2D eigenvalue weighted by Crippen LogP contribution is 2.16. The molecular formula is C9H12Cl2FNO. The maximum Gasteiger partial charge on any atom is 0.141 e. The van der Waals surface area contributed by atoms with E-state index >= 15 is 0 Å². The fourth-order valence-electron chi connectivity index (χ4n) is 1.03. The molecule has 0 aromatic heterocycles. The lowest BCUT2D eigenvalue weighted by Gasteiger charge is -2.07. The van der Waals surface area contributed by atoms with E-state index < -0.39 is 5.82 Å². The van der Waals surface area contributed by atoms with Crippen LogP contribution < -0.4 is 5.73 Å². The van der Waals surface area contributed by atoms with E-state index in [0.717, 1.165) is 5.56 Å². The van der Waals surface area contributed by atoms with Crippen molar-refractivity contribution in [2.75, 3.05) is 6.61 Å². The maximum absolute atomic E-state index is 12.7. The highest BCUT2D eigenvalue weighted by Gasteiger charge is 2.05. The van der Waals surface area contributed by atoms with Crippen LogP contribution in [0.4, 0.5) is 4.39 Å². The number of halogens is 3. The molecule has 0 saturated carbocycles. The first-order valence-electron chi connectivity index (χ1n) is 3.94. The molecule has 80 valence electrons. The summed E-state index contributed by atoms with van der Waals surface area (Å²) >= 11 is 5.56. The molecule has 0 saturated heterocycles. The number of nitrogens with two attached hydrogens (primary N) is 1. The van der Waals surface area contributed by atoms with Crippen molar-refractivity contribution in [3.05, 3.63) is 34.6 Å². The normalized spacial score (nSPS) is 12.0. The Morgan fingerprint density at radius 2 is 2.14 bits per heavy atom. The molecule has 1 aromatic carbocycles. The highest BCUT2D eigenvalue weighted by molar-refractivity contribution is 6.30. The lowest BCUT2D eigenvalue weighted by atomic mass is 10.1. The van der Waals surface area contributed by atoms with Gasteiger partial charge in [0.15, 0.2) is 0 Å². The standard InChI is InChI=1S/C9H11ClFNO.ClH/c10-8-4-6(1-2-9(8)11)3-7(12)5-13;/h1-2,4,7,13H,3,5,12H2;1H. The first-order chi connectivity index (χ1) is 6.13. The number of aliphatic hydroxyl groups is 1. The smallest absolute Gasteiger partial charge is 0.141 e. The van der Waals surface area contributed by atoms with Gasteiger partial charge in [0.05, 0.1) is 11.6 Å². The number of rotatable bonds is 3. The number of benzene rings is 1. The molecule has 1 rings (SSSR count). The van der Waals surface area contributed by atoms with Crippen LogP contribution in [0, 0.1) is 5.82 Å². The van der Waals surface area contributed by atoms with E-state index in [9.17, 15) is 4.39 Å². The van der Waals surface area contributed by atoms with Crippen LogP contribution in [0.5, 0.6) is 0 Å². The third kappa shape index (κ3) is 3.80. The molecule has 0 heterocycles. The Bertz CT molecular complexity index is 296. The topological polar surface area (TPSA) is 46.2 Å². The van der Waals surface area contributed by atoms with Crippen LogP contribution in [-0.2, 0) is 6.42 Å². The maximum atomic E-state index is 12.7. The average molecular weight is 240 g/mol. The molecule has 3 N–H and O–H groups in total. The zero-order valence-electron chi connectivity index (χ0n) is 7.41. The first-order valence-corrected chi connectivity index (χ1v) is 4.31. The van der Waals surface area contributed by atoms with Crippen molar-refractivity contribution in [1.29, 1.82) is 0 Å². The molecule has 1 atom stereocenters. The summed E-state index contributed by atoms with van der Waals surface area (Å²) in [6.07, 6.45) is 0.497. The number of hydrogen-bond donors (Lipinski definition) is 2. The molecule has 0 amide bonds. The number of aliphatic hydroxyl groups excluding tert-OH is 1. The van der Waals surface area contributed by atoms with Crippen molar-refractivity contribution in [2.24, 2.45) is 5.73 Å². The van der Waals surface area contributed by atoms with E-state index in [2.05, 4.69) is 0 Å². The first kappa shape index (κ1) is 13.7. The molecule has 0 spiro atoms. The van der Waals surface area contributed by atoms with Gasteiger partial charge in [-0.25, -0.2) is 4.39 Å². The Kier molecular flexibility index (Phi) is 6.04. The fourth-order valence-corrected chi connectivity index (χ4v) is 1.24. The summed E-state index contributed by atoms with van der Waals surface area (Å²) in [6, 6.07) is 4.10. The second-order valence-corrected chi connectivity index (χ2v) is 3.30. The van der Waals surface area contributed by atoms with Crippen LogP contribution in [0.25, 0.3) is 0 Å². The van der Waals surface area contributed by atoms with Crippen LogP contribution in [0.3, 0.4) is 0 Å². The van der Waals surface area contributed by atoms with Crippen molar-refractivity contribution in [3.8, 4) is 0 Å². The zero-order chi connectivity index (χ0) is 9.84. The van der Waals surface area contributed by atoms with Crippen molar-refractivity contribution in [1.82, 2.24) is 0 Å². The Morgan fingerprint density at radius 3 is 2.64 bits per heavy atom. The van der Waals surface area contributed by atoms with Crippen LogP contribution in [0.15, 0.2) is 18.2 Å². The minimum absolute atomic E-state index is 0. The molecule has 0 radical (unpaired) electrons. The van der Waals surface area contributed by atoms with Crippen molar-refractivity contribution in [3.63, 3.8) is 0 Å². The highest BCUT2D eigenvalue weighted by atomic mass is 35.5. The zero-order valence-corrected chi connectivity index (χ0v) is 8.98. The molecule has 0 aliphatic carbocycles. The molecule has 0 aliphatic heterocycles. The molecule has 14 heavy (non-hydrogen) atoms. The Labute approximate surface area is 93.3 Å². The Balaban J connectivity index is 0.00000169. The van der Waals surface area contributed by atoms with Crippen molar-refractivity contribution in [2.45, 2.75) is 12.5 Å². The van der Waals surface area contributed by atoms with Crippen molar-refractivity contribution >= 4 is 24.0 Å². The summed E-state index contributed by atoms with van der Waals surface area (Å²) in [5, 5.41) is 8.77. The van der Waals surface area contributed by atoms with Gasteiger partial charge in [0.2, 0.25) is 0 Å². The van der Waals surface area contributed by atoms with Gasteiger partial charge in [0.25, 0.3) is 0 Å². The quantitative estimate of drug-likeness (QED) is 0.845. The summed E-state index contributed by atoms with van der Waals surface area (Å²) in [7, 11) is 0. The summed E-state index contributed by atoms with van der Waals surface area (Å²) in [4.78, 5) is 0. The molecule has 2 nitrogen and oxygen atoms in total. The Hall–Kier alpha value is -0.350. The van der Waals surface area contributed by atoms with Crippen LogP contribution in [-0.4, -0.2) is 17.8 Å². The lowest BCUT2D eigenvalue weighted by Crippen LogP contribution is -2.26. The van der Waals surface area contributed by atoms with Gasteiger partial charge in [-0.3, -0.25) is 0 Å². The van der Waals surface area contributed by atoms with Gasteiger partial charge >= 0.3 is 0 Å². The van der Waals surface area contributed by atoms with E-state index in [4.69, 9.17) is 22.4 Å². The lowest BCUT2D eigenvalue weighted by molar-refractivity contribution is 0.265. The summed E-state index contributed by atoms with van der Waals surface area (Å²) in [5.74, 6) is -0.442. The van der Waals surface area contributed by atoms with Gasteiger partial charge in [-0.1, -0.05) is 17.7 Å². The van der Waals surface area contributed by atoms with Gasteiger partial charge in [-0.2, -0.15) is 0 Å². The monoisotopic (exact) mass is 239 g/mol. The van der Waals surface area contributed by atoms with Crippen molar-refractivity contribution < 1.29 is 9.50 Å². The van der Waals surface area contributed by atoms with E-state index in [1.807, 2.05) is 0 Å². The number of hydrogen-bond acceptors (Lipinski definition) is 2. The predicted octanol–water partition coefficient (Wildman–Crippen LogP) is 1.76. The van der Waals surface area contributed by atoms with E-state index in [1.54, 1.807) is 6.07 Å². The molecule has 0 aliphatic rings. The van der Waals surface area contributed by atoms with Gasteiger partial charge in [0, 0.05) is 6.04 Å². The third-order valence-corrected chi connectivity index (χ3v) is 2.01. The molecule has 5 heteroatoms. The largest absolute Gasteiger partial charge is 0.395 e. The molecule has 0 fully saturated rings. The van der Waals surface area contributed by atoms with E-state index in [1.165, 1.54) is 12.1 Å². The summed E-state index contributed by atoms with van der Waals surface area (Å²) in [5.41, 5.74) is 6.33. The van der Waals surface area contributed by atoms with Gasteiger partial charge in [-0.15, -0.1) is 12.4 Å². The summed E-state index contributed by atoms with van der Waals surface area (Å²) < 4.78 is 12.7. The molecule has 1 aromatic rings. The minimum Gasteiger partial charge on any atom is -0.395 e. The van der Waals surface area contributed by atoms with E-state index in [-0.39, 0.29) is 30.1 Å². The summed E-state index contributed by atoms with van der Waals surface area (Å²) in [6.45, 7) is -0.0883. The van der Waals surface area contributed by atoms with Gasteiger partial charge in [-0.05, 0) is 24.1 Å². The van der Waals surface area contributed by atoms with Gasteiger partial charge < -0.3 is 10.8 Å². The third-order valence-electron chi connectivity index (χ3n) is 1.72. The van der Waals surface area contributed by atoms with Crippen LogP contribution in [0.2, 0.25) is 5.02 Å². The second-order valence-electron chi connectivity index (χ2n) is 2.90. The Morgan fingerprint density at radius 1 is 1.50 bits per heavy atom. The van der Waals surface area contributed by atoms with Crippen LogP contribution >= 0.6 is 24.0 Å². The fraction of sp³-hybridized carbons (Fsp3) is 0.333. The molecular weight excluding hydrogens is 228 g/mol. The van der Waals surface area contributed by atoms with E-state index in [0.29, 0.717) is 6.42 Å². The van der Waals surface area contributed by atoms with Gasteiger partial charge in [0.1, 0.15) is 5.82 Å². The average Bonchev–Trinajstić information content (AvgIpc) is 2.11. The SMILES string of the molecule is Cl.NC(CO)Cc1ccc(F)c(Cl)c1. The predicted molar refractivity (Wildman–Crippen MR) is 57.4 cm³/mol. The van der Waals surface area contributed by atoms with Crippen LogP contribution in [0.1, 0.15) is 5.56 Å². The second kappa shape index (κ2) is 6.19.